The second-order valence-electron chi connectivity index (χ2n) is 3.38. The largest absolute Gasteiger partial charge is 0.399 e. The first kappa shape index (κ1) is 9.45. The van der Waals surface area contributed by atoms with Gasteiger partial charge in [-0.15, -0.1) is 0 Å². The number of nitrogens with two attached hydrogens (primary N) is 2. The summed E-state index contributed by atoms with van der Waals surface area (Å²) in [4.78, 5) is 8.12. The predicted octanol–water partition coefficient (Wildman–Crippen LogP) is 1.62. The fraction of sp³-hybridized carbons (Fsp3) is 0.0909. The van der Waals surface area contributed by atoms with Crippen LogP contribution < -0.4 is 11.5 Å². The molecule has 0 amide bonds. The second-order valence-corrected chi connectivity index (χ2v) is 3.38. The summed E-state index contributed by atoms with van der Waals surface area (Å²) in [7, 11) is 0. The monoisotopic (exact) mass is 200 g/mol. The summed E-state index contributed by atoms with van der Waals surface area (Å²) < 4.78 is 0. The average Bonchev–Trinajstić information content (AvgIpc) is 2.23. The van der Waals surface area contributed by atoms with Crippen LogP contribution >= 0.6 is 0 Å². The maximum atomic E-state index is 5.62. The summed E-state index contributed by atoms with van der Waals surface area (Å²) in [6.45, 7) is 1.95. The summed E-state index contributed by atoms with van der Waals surface area (Å²) in [6.07, 6.45) is 1.72. The zero-order valence-corrected chi connectivity index (χ0v) is 8.44. The zero-order chi connectivity index (χ0) is 10.8. The first-order valence-electron chi connectivity index (χ1n) is 4.62. The van der Waals surface area contributed by atoms with E-state index in [1.807, 2.05) is 31.2 Å². The number of aromatic nitrogens is 2. The summed E-state index contributed by atoms with van der Waals surface area (Å²) in [6, 6.07) is 7.52. The molecule has 0 aliphatic rings. The first-order chi connectivity index (χ1) is 7.16. The van der Waals surface area contributed by atoms with Crippen LogP contribution in [0.3, 0.4) is 0 Å². The van der Waals surface area contributed by atoms with Gasteiger partial charge in [-0.1, -0.05) is 12.1 Å². The molecule has 0 atom stereocenters. The van der Waals surface area contributed by atoms with Crippen molar-refractivity contribution in [3.63, 3.8) is 0 Å². The van der Waals surface area contributed by atoms with Crippen molar-refractivity contribution in [3.05, 3.63) is 36.0 Å². The smallest absolute Gasteiger partial charge is 0.220 e. The van der Waals surface area contributed by atoms with Crippen molar-refractivity contribution in [3.8, 4) is 11.3 Å². The van der Waals surface area contributed by atoms with Crippen LogP contribution in [0.25, 0.3) is 11.3 Å². The van der Waals surface area contributed by atoms with Gasteiger partial charge in [-0.3, -0.25) is 0 Å². The lowest BCUT2D eigenvalue weighted by Gasteiger charge is -2.05. The minimum absolute atomic E-state index is 0.285. The Labute approximate surface area is 88.0 Å². The molecule has 15 heavy (non-hydrogen) atoms. The molecule has 0 radical (unpaired) electrons. The number of anilines is 2. The van der Waals surface area contributed by atoms with Gasteiger partial charge in [0.2, 0.25) is 5.95 Å². The van der Waals surface area contributed by atoms with E-state index in [9.17, 15) is 0 Å². The fourth-order valence-corrected chi connectivity index (χ4v) is 1.39. The van der Waals surface area contributed by atoms with Crippen molar-refractivity contribution in [1.29, 1.82) is 0 Å². The van der Waals surface area contributed by atoms with Gasteiger partial charge >= 0.3 is 0 Å². The molecular weight excluding hydrogens is 188 g/mol. The molecule has 2 aromatic rings. The molecule has 4 heteroatoms. The molecule has 0 fully saturated rings. The molecule has 1 aromatic heterocycles. The molecule has 0 saturated carbocycles. The lowest BCUT2D eigenvalue weighted by Crippen LogP contribution is -1.98. The number of nitrogens with zero attached hydrogens (tertiary/aromatic N) is 2. The van der Waals surface area contributed by atoms with Crippen LogP contribution in [0.5, 0.6) is 0 Å². The number of nitrogen functional groups attached to an aromatic ring is 2. The van der Waals surface area contributed by atoms with E-state index in [4.69, 9.17) is 11.5 Å². The Morgan fingerprint density at radius 2 is 1.73 bits per heavy atom. The SMILES string of the molecule is Cc1cnc(N)nc1-c1ccc(N)cc1. The summed E-state index contributed by atoms with van der Waals surface area (Å²) in [5, 5.41) is 0. The van der Waals surface area contributed by atoms with Gasteiger partial charge in [0.1, 0.15) is 0 Å². The molecule has 0 aliphatic heterocycles. The molecule has 2 rings (SSSR count). The van der Waals surface area contributed by atoms with Crippen LogP contribution in [0.15, 0.2) is 30.5 Å². The Morgan fingerprint density at radius 1 is 1.07 bits per heavy atom. The minimum atomic E-state index is 0.285. The Bertz CT molecular complexity index is 476. The van der Waals surface area contributed by atoms with E-state index in [1.54, 1.807) is 6.20 Å². The van der Waals surface area contributed by atoms with Gasteiger partial charge < -0.3 is 11.5 Å². The topological polar surface area (TPSA) is 77.8 Å². The molecule has 4 nitrogen and oxygen atoms in total. The Balaban J connectivity index is 2.53. The molecule has 76 valence electrons. The first-order valence-corrected chi connectivity index (χ1v) is 4.62. The van der Waals surface area contributed by atoms with Gasteiger partial charge in [0.05, 0.1) is 5.69 Å². The Kier molecular flexibility index (Phi) is 2.25. The van der Waals surface area contributed by atoms with Gasteiger partial charge in [-0.05, 0) is 24.6 Å². The highest BCUT2D eigenvalue weighted by atomic mass is 15.0. The maximum Gasteiger partial charge on any atom is 0.220 e. The highest BCUT2D eigenvalue weighted by Crippen LogP contribution is 2.21. The molecule has 0 spiro atoms. The van der Waals surface area contributed by atoms with Gasteiger partial charge in [-0.25, -0.2) is 9.97 Å². The lowest BCUT2D eigenvalue weighted by molar-refractivity contribution is 1.15. The Morgan fingerprint density at radius 3 is 2.40 bits per heavy atom. The van der Waals surface area contributed by atoms with Crippen molar-refractivity contribution in [2.75, 3.05) is 11.5 Å². The van der Waals surface area contributed by atoms with Gasteiger partial charge in [0.15, 0.2) is 0 Å². The van der Waals surface area contributed by atoms with E-state index >= 15 is 0 Å². The highest BCUT2D eigenvalue weighted by molar-refractivity contribution is 5.65. The highest BCUT2D eigenvalue weighted by Gasteiger charge is 2.04. The third kappa shape index (κ3) is 1.88. The molecule has 0 saturated heterocycles. The number of aryl methyl sites for hydroxylation is 1. The summed E-state index contributed by atoms with van der Waals surface area (Å²) >= 11 is 0. The fourth-order valence-electron chi connectivity index (χ4n) is 1.39. The van der Waals surface area contributed by atoms with Gasteiger partial charge in [0.25, 0.3) is 0 Å². The van der Waals surface area contributed by atoms with Crippen molar-refractivity contribution in [2.24, 2.45) is 0 Å². The van der Waals surface area contributed by atoms with Crippen LogP contribution in [-0.4, -0.2) is 9.97 Å². The summed E-state index contributed by atoms with van der Waals surface area (Å²) in [5.41, 5.74) is 14.7. The third-order valence-corrected chi connectivity index (χ3v) is 2.17. The molecule has 0 unspecified atom stereocenters. The predicted molar refractivity (Wildman–Crippen MR) is 61.0 cm³/mol. The number of hydrogen-bond acceptors (Lipinski definition) is 4. The van der Waals surface area contributed by atoms with E-state index in [2.05, 4.69) is 9.97 Å². The van der Waals surface area contributed by atoms with E-state index < -0.39 is 0 Å². The Hall–Kier alpha value is -2.10. The van der Waals surface area contributed by atoms with Crippen LogP contribution in [0.2, 0.25) is 0 Å². The van der Waals surface area contributed by atoms with Gasteiger partial charge in [-0.2, -0.15) is 0 Å². The molecule has 0 aliphatic carbocycles. The van der Waals surface area contributed by atoms with E-state index in [-0.39, 0.29) is 5.95 Å². The standard InChI is InChI=1S/C11H12N4/c1-7-6-14-11(13)15-10(7)8-2-4-9(12)5-3-8/h2-6H,12H2,1H3,(H2,13,14,15). The molecule has 0 bridgehead atoms. The molecular formula is C11H12N4. The van der Waals surface area contributed by atoms with Gasteiger partial charge in [0, 0.05) is 17.4 Å². The maximum absolute atomic E-state index is 5.62. The number of rotatable bonds is 1. The molecule has 4 N–H and O–H groups in total. The van der Waals surface area contributed by atoms with E-state index in [0.717, 1.165) is 22.5 Å². The van der Waals surface area contributed by atoms with Crippen molar-refractivity contribution in [1.82, 2.24) is 9.97 Å². The van der Waals surface area contributed by atoms with Crippen LogP contribution in [0.1, 0.15) is 5.56 Å². The molecule has 1 aromatic carbocycles. The van der Waals surface area contributed by atoms with Crippen molar-refractivity contribution in [2.45, 2.75) is 6.92 Å². The molecule has 1 heterocycles. The van der Waals surface area contributed by atoms with Crippen LogP contribution in [0.4, 0.5) is 11.6 Å². The summed E-state index contributed by atoms with van der Waals surface area (Å²) in [5.74, 6) is 0.285. The number of benzene rings is 1. The normalized spacial score (nSPS) is 10.2. The van der Waals surface area contributed by atoms with E-state index in [0.29, 0.717) is 0 Å². The zero-order valence-electron chi connectivity index (χ0n) is 8.44. The van der Waals surface area contributed by atoms with Crippen LogP contribution in [0, 0.1) is 6.92 Å². The minimum Gasteiger partial charge on any atom is -0.399 e. The van der Waals surface area contributed by atoms with E-state index in [1.165, 1.54) is 0 Å². The number of hydrogen-bond donors (Lipinski definition) is 2. The van der Waals surface area contributed by atoms with Crippen LogP contribution in [-0.2, 0) is 0 Å². The lowest BCUT2D eigenvalue weighted by atomic mass is 10.1. The van der Waals surface area contributed by atoms with Crippen molar-refractivity contribution >= 4 is 11.6 Å². The quantitative estimate of drug-likeness (QED) is 0.685. The third-order valence-electron chi connectivity index (χ3n) is 2.17. The second kappa shape index (κ2) is 3.57. The average molecular weight is 200 g/mol. The van der Waals surface area contributed by atoms with Crippen molar-refractivity contribution < 1.29 is 0 Å².